The fourth-order valence-corrected chi connectivity index (χ4v) is 4.23. The van der Waals surface area contributed by atoms with Gasteiger partial charge < -0.3 is 0 Å². The number of hydrogen-bond donors (Lipinski definition) is 0. The van der Waals surface area contributed by atoms with Gasteiger partial charge >= 0.3 is 0 Å². The normalized spacial score (nSPS) is 12.7. The maximum Gasteiger partial charge on any atom is 0.132 e. The highest BCUT2D eigenvalue weighted by atomic mass is 16.1. The van der Waals surface area contributed by atoms with E-state index in [1.165, 1.54) is 77.0 Å². The third-order valence-corrected chi connectivity index (χ3v) is 6.69. The Labute approximate surface area is 238 Å². The first-order chi connectivity index (χ1) is 18.8. The van der Waals surface area contributed by atoms with Crippen LogP contribution in [0, 0.1) is 0 Å². The number of Topliss-reactive ketones (excluding diaryl/α,β-unsaturated/α-hetero) is 1. The summed E-state index contributed by atoms with van der Waals surface area (Å²) in [5.41, 5.74) is 0. The van der Waals surface area contributed by atoms with Gasteiger partial charge in [-0.05, 0) is 89.9 Å². The highest BCUT2D eigenvalue weighted by Gasteiger charge is 2.01. The van der Waals surface area contributed by atoms with Gasteiger partial charge in [0.15, 0.2) is 0 Å². The molecule has 216 valence electrons. The molecule has 0 amide bonds. The summed E-state index contributed by atoms with van der Waals surface area (Å²) in [7, 11) is 0. The van der Waals surface area contributed by atoms with E-state index in [4.69, 9.17) is 0 Å². The zero-order valence-corrected chi connectivity index (χ0v) is 25.4. The van der Waals surface area contributed by atoms with Crippen molar-refractivity contribution in [3.8, 4) is 0 Å². The maximum atomic E-state index is 12.1. The van der Waals surface area contributed by atoms with E-state index in [1.54, 1.807) is 0 Å². The molecule has 1 nitrogen and oxygen atoms in total. The number of unbranched alkanes of at least 4 members (excludes halogenated alkanes) is 12. The zero-order chi connectivity index (χ0) is 27.6. The van der Waals surface area contributed by atoms with Crippen LogP contribution >= 0.6 is 0 Å². The Balaban J connectivity index is 3.43. The number of hydrogen-bond acceptors (Lipinski definition) is 1. The lowest BCUT2D eigenvalue weighted by molar-refractivity contribution is -0.119. The third kappa shape index (κ3) is 32.1. The van der Waals surface area contributed by atoms with E-state index in [1.807, 2.05) is 0 Å². The van der Waals surface area contributed by atoms with E-state index < -0.39 is 0 Å². The van der Waals surface area contributed by atoms with Crippen LogP contribution in [0.3, 0.4) is 0 Å². The summed E-state index contributed by atoms with van der Waals surface area (Å²) in [5, 5.41) is 0. The van der Waals surface area contributed by atoms with E-state index >= 15 is 0 Å². The molecule has 0 aliphatic heterocycles. The zero-order valence-electron chi connectivity index (χ0n) is 25.4. The molecule has 0 aromatic carbocycles. The summed E-state index contributed by atoms with van der Waals surface area (Å²) in [6.45, 7) is 4.50. The van der Waals surface area contributed by atoms with E-state index in [-0.39, 0.29) is 0 Å². The Kier molecular flexibility index (Phi) is 31.5. The number of rotatable bonds is 28. The Bertz CT molecular complexity index is 602. The smallest absolute Gasteiger partial charge is 0.132 e. The van der Waals surface area contributed by atoms with Gasteiger partial charge in [-0.15, -0.1) is 0 Å². The molecule has 0 rings (SSSR count). The molecule has 1 heteroatoms. The summed E-state index contributed by atoms with van der Waals surface area (Å²) < 4.78 is 0. The summed E-state index contributed by atoms with van der Waals surface area (Å²) in [6.07, 6.45) is 52.6. The van der Waals surface area contributed by atoms with Crippen molar-refractivity contribution >= 4 is 5.78 Å². The van der Waals surface area contributed by atoms with Crippen molar-refractivity contribution in [3.05, 3.63) is 72.9 Å². The van der Waals surface area contributed by atoms with Gasteiger partial charge in [0.25, 0.3) is 0 Å². The minimum absolute atomic E-state index is 0.463. The van der Waals surface area contributed by atoms with Gasteiger partial charge in [-0.1, -0.05) is 125 Å². The molecule has 0 spiro atoms. The molecule has 0 radical (unpaired) electrons. The van der Waals surface area contributed by atoms with Crippen molar-refractivity contribution < 1.29 is 4.79 Å². The van der Waals surface area contributed by atoms with Crippen LogP contribution in [0.4, 0.5) is 0 Å². The van der Waals surface area contributed by atoms with Crippen LogP contribution < -0.4 is 0 Å². The Morgan fingerprint density at radius 3 is 0.974 bits per heavy atom. The molecule has 0 aliphatic rings. The molecule has 38 heavy (non-hydrogen) atoms. The van der Waals surface area contributed by atoms with E-state index in [2.05, 4.69) is 86.8 Å². The van der Waals surface area contributed by atoms with Crippen LogP contribution in [0.1, 0.15) is 155 Å². The van der Waals surface area contributed by atoms with Crippen LogP contribution in [0.5, 0.6) is 0 Å². The molecular formula is C37H62O. The summed E-state index contributed by atoms with van der Waals surface area (Å²) in [6, 6.07) is 0. The molecule has 0 saturated heterocycles. The van der Waals surface area contributed by atoms with Crippen molar-refractivity contribution in [1.29, 1.82) is 0 Å². The van der Waals surface area contributed by atoms with Gasteiger partial charge in [0.05, 0.1) is 0 Å². The Hall–Kier alpha value is -1.89. The molecule has 0 unspecified atom stereocenters. The first kappa shape index (κ1) is 36.1. The predicted molar refractivity (Wildman–Crippen MR) is 173 cm³/mol. The number of allylic oxidation sites excluding steroid dienone is 12. The standard InChI is InChI=1S/C37H62O/c1-3-5-7-9-11-13-15-17-19-21-23-25-27-29-31-33-35-37(38)36-34-32-30-28-26-24-22-20-18-16-14-12-10-8-6-4-2/h11-14,17-20,23-26H,3-10,15-16,21-22,27-36H2,1-2H3/b13-11-,14-12-,19-17-,20-18-,25-23-,26-24-. The fourth-order valence-electron chi connectivity index (χ4n) is 4.23. The van der Waals surface area contributed by atoms with Crippen molar-refractivity contribution in [2.24, 2.45) is 0 Å². The largest absolute Gasteiger partial charge is 0.300 e. The molecule has 0 atom stereocenters. The average Bonchev–Trinajstić information content (AvgIpc) is 2.92. The highest BCUT2D eigenvalue weighted by Crippen LogP contribution is 2.10. The van der Waals surface area contributed by atoms with Crippen LogP contribution in [-0.2, 0) is 4.79 Å². The van der Waals surface area contributed by atoms with Crippen LogP contribution in [0.15, 0.2) is 72.9 Å². The minimum atomic E-state index is 0.463. The molecular weight excluding hydrogens is 460 g/mol. The van der Waals surface area contributed by atoms with Gasteiger partial charge in [0.1, 0.15) is 5.78 Å². The van der Waals surface area contributed by atoms with Gasteiger partial charge in [-0.25, -0.2) is 0 Å². The SMILES string of the molecule is CCCCC/C=C\C/C=C\C/C=C\CCCCCC(=O)CCCCC/C=C\C/C=C\C/C=C\CCCCC. The first-order valence-corrected chi connectivity index (χ1v) is 16.2. The molecule has 0 aliphatic carbocycles. The lowest BCUT2D eigenvalue weighted by Gasteiger charge is -2.01. The van der Waals surface area contributed by atoms with Crippen LogP contribution in [0.25, 0.3) is 0 Å². The summed E-state index contributed by atoms with van der Waals surface area (Å²) in [4.78, 5) is 12.1. The minimum Gasteiger partial charge on any atom is -0.300 e. The quantitative estimate of drug-likeness (QED) is 0.0737. The van der Waals surface area contributed by atoms with E-state index in [0.29, 0.717) is 5.78 Å². The van der Waals surface area contributed by atoms with Crippen molar-refractivity contribution in [2.45, 2.75) is 155 Å². The highest BCUT2D eigenvalue weighted by molar-refractivity contribution is 5.78. The lowest BCUT2D eigenvalue weighted by atomic mass is 10.0. The number of carbonyl (C=O) groups excluding carboxylic acids is 1. The monoisotopic (exact) mass is 522 g/mol. The van der Waals surface area contributed by atoms with Gasteiger partial charge in [-0.3, -0.25) is 4.79 Å². The first-order valence-electron chi connectivity index (χ1n) is 16.2. The second-order valence-electron chi connectivity index (χ2n) is 10.5. The Morgan fingerprint density at radius 1 is 0.368 bits per heavy atom. The molecule has 0 fully saturated rings. The molecule has 0 saturated carbocycles. The topological polar surface area (TPSA) is 17.1 Å². The van der Waals surface area contributed by atoms with Crippen LogP contribution in [0.2, 0.25) is 0 Å². The fraction of sp³-hybridized carbons (Fsp3) is 0.649. The number of carbonyl (C=O) groups is 1. The predicted octanol–water partition coefficient (Wildman–Crippen LogP) is 12.5. The molecule has 0 aromatic rings. The molecule has 0 bridgehead atoms. The molecule has 0 N–H and O–H groups in total. The van der Waals surface area contributed by atoms with Crippen molar-refractivity contribution in [3.63, 3.8) is 0 Å². The molecule has 0 aromatic heterocycles. The second kappa shape index (κ2) is 33.1. The van der Waals surface area contributed by atoms with Crippen molar-refractivity contribution in [2.75, 3.05) is 0 Å². The van der Waals surface area contributed by atoms with Gasteiger partial charge in [0.2, 0.25) is 0 Å². The van der Waals surface area contributed by atoms with Gasteiger partial charge in [-0.2, -0.15) is 0 Å². The summed E-state index contributed by atoms with van der Waals surface area (Å²) in [5.74, 6) is 0.463. The average molecular weight is 523 g/mol. The van der Waals surface area contributed by atoms with Crippen LogP contribution in [-0.4, -0.2) is 5.78 Å². The van der Waals surface area contributed by atoms with Crippen molar-refractivity contribution in [1.82, 2.24) is 0 Å². The summed E-state index contributed by atoms with van der Waals surface area (Å²) >= 11 is 0. The molecule has 0 heterocycles. The third-order valence-electron chi connectivity index (χ3n) is 6.69. The Morgan fingerprint density at radius 2 is 0.658 bits per heavy atom. The number of ketones is 1. The lowest BCUT2D eigenvalue weighted by Crippen LogP contribution is -1.97. The maximum absolute atomic E-state index is 12.1. The van der Waals surface area contributed by atoms with E-state index in [9.17, 15) is 4.79 Å². The van der Waals surface area contributed by atoms with E-state index in [0.717, 1.165) is 64.2 Å². The second-order valence-corrected chi connectivity index (χ2v) is 10.5. The van der Waals surface area contributed by atoms with Gasteiger partial charge in [0, 0.05) is 12.8 Å².